The Bertz CT molecular complexity index is 1070. The van der Waals surface area contributed by atoms with E-state index < -0.39 is 0 Å². The van der Waals surface area contributed by atoms with Crippen molar-refractivity contribution in [1.29, 1.82) is 0 Å². The number of hydrogen-bond acceptors (Lipinski definition) is 3. The van der Waals surface area contributed by atoms with Crippen LogP contribution >= 0.6 is 11.6 Å². The number of carbonyl (C=O) groups excluding carboxylic acids is 1. The molecule has 6 heteroatoms. The van der Waals surface area contributed by atoms with E-state index in [-0.39, 0.29) is 5.91 Å². The third-order valence-electron chi connectivity index (χ3n) is 4.36. The first-order chi connectivity index (χ1) is 13.7. The highest BCUT2D eigenvalue weighted by Gasteiger charge is 2.10. The van der Waals surface area contributed by atoms with Crippen molar-refractivity contribution in [3.63, 3.8) is 0 Å². The number of nitrogens with one attached hydrogen (secondary N) is 1. The van der Waals surface area contributed by atoms with Crippen LogP contribution in [-0.2, 0) is 6.54 Å². The summed E-state index contributed by atoms with van der Waals surface area (Å²) in [6.45, 7) is 0.491. The van der Waals surface area contributed by atoms with Gasteiger partial charge in [-0.15, -0.1) is 5.10 Å². The summed E-state index contributed by atoms with van der Waals surface area (Å²) in [5.74, 6) is -0.119. The summed E-state index contributed by atoms with van der Waals surface area (Å²) in [4.78, 5) is 12.4. The lowest BCUT2D eigenvalue weighted by molar-refractivity contribution is 0.0951. The van der Waals surface area contributed by atoms with E-state index in [2.05, 4.69) is 15.6 Å². The van der Waals surface area contributed by atoms with Crippen molar-refractivity contribution in [2.45, 2.75) is 6.54 Å². The molecule has 138 valence electrons. The lowest BCUT2D eigenvalue weighted by Gasteiger charge is -2.08. The van der Waals surface area contributed by atoms with Crippen molar-refractivity contribution >= 4 is 17.5 Å². The van der Waals surface area contributed by atoms with Crippen LogP contribution in [0.3, 0.4) is 0 Å². The summed E-state index contributed by atoms with van der Waals surface area (Å²) in [6, 6.07) is 24.6. The summed E-state index contributed by atoms with van der Waals surface area (Å²) >= 11 is 5.97. The van der Waals surface area contributed by atoms with Crippen LogP contribution in [0, 0.1) is 0 Å². The first-order valence-electron chi connectivity index (χ1n) is 8.80. The van der Waals surface area contributed by atoms with Crippen molar-refractivity contribution in [1.82, 2.24) is 20.3 Å². The second kappa shape index (κ2) is 8.06. The summed E-state index contributed by atoms with van der Waals surface area (Å²) < 4.78 is 1.73. The van der Waals surface area contributed by atoms with Gasteiger partial charge in [-0.2, -0.15) is 0 Å². The third-order valence-corrected chi connectivity index (χ3v) is 4.61. The van der Waals surface area contributed by atoms with E-state index >= 15 is 0 Å². The van der Waals surface area contributed by atoms with Crippen LogP contribution in [-0.4, -0.2) is 20.9 Å². The predicted molar refractivity (Wildman–Crippen MR) is 109 cm³/mol. The van der Waals surface area contributed by atoms with Gasteiger partial charge in [0.05, 0.1) is 17.6 Å². The number of halogens is 1. The molecule has 0 saturated carbocycles. The summed E-state index contributed by atoms with van der Waals surface area (Å²) in [7, 11) is 0. The molecular weight excluding hydrogens is 372 g/mol. The minimum atomic E-state index is -0.119. The minimum absolute atomic E-state index is 0.119. The molecule has 0 spiro atoms. The van der Waals surface area contributed by atoms with Crippen LogP contribution < -0.4 is 5.32 Å². The van der Waals surface area contributed by atoms with Gasteiger partial charge < -0.3 is 5.32 Å². The fraction of sp³-hybridized carbons (Fsp3) is 0.0455. The van der Waals surface area contributed by atoms with Crippen LogP contribution in [0.4, 0.5) is 0 Å². The molecule has 28 heavy (non-hydrogen) atoms. The zero-order chi connectivity index (χ0) is 19.3. The second-order valence-electron chi connectivity index (χ2n) is 6.25. The highest BCUT2D eigenvalue weighted by molar-refractivity contribution is 6.30. The normalized spacial score (nSPS) is 10.6. The van der Waals surface area contributed by atoms with Gasteiger partial charge in [-0.1, -0.05) is 59.3 Å². The Morgan fingerprint density at radius 2 is 1.64 bits per heavy atom. The average Bonchev–Trinajstić information content (AvgIpc) is 3.23. The molecule has 0 atom stereocenters. The molecule has 1 N–H and O–H groups in total. The molecule has 0 bridgehead atoms. The lowest BCUT2D eigenvalue weighted by Crippen LogP contribution is -2.22. The molecule has 0 aliphatic rings. The number of carbonyl (C=O) groups is 1. The third kappa shape index (κ3) is 3.94. The Balaban J connectivity index is 1.50. The molecule has 4 aromatic rings. The molecule has 5 nitrogen and oxygen atoms in total. The maximum atomic E-state index is 12.4. The molecule has 1 heterocycles. The van der Waals surface area contributed by atoms with Gasteiger partial charge in [0.25, 0.3) is 5.91 Å². The molecule has 0 unspecified atom stereocenters. The average molecular weight is 389 g/mol. The zero-order valence-corrected chi connectivity index (χ0v) is 15.7. The SMILES string of the molecule is O=C(NCc1ccccc1)c1ccc(-n2nncc2-c2ccc(Cl)cc2)cc1. The number of benzene rings is 3. The van der Waals surface area contributed by atoms with E-state index in [1.54, 1.807) is 23.0 Å². The monoisotopic (exact) mass is 388 g/mol. The van der Waals surface area contributed by atoms with Crippen molar-refractivity contribution in [2.24, 2.45) is 0 Å². The van der Waals surface area contributed by atoms with Gasteiger partial charge in [0.2, 0.25) is 0 Å². The van der Waals surface area contributed by atoms with Crippen molar-refractivity contribution in [3.05, 3.63) is 101 Å². The number of amides is 1. The fourth-order valence-corrected chi connectivity index (χ4v) is 3.00. The summed E-state index contributed by atoms with van der Waals surface area (Å²) in [5, 5.41) is 11.8. The summed E-state index contributed by atoms with van der Waals surface area (Å²) in [6.07, 6.45) is 1.70. The number of hydrogen-bond donors (Lipinski definition) is 1. The standard InChI is InChI=1S/C22H17ClN4O/c23-19-10-6-17(7-11-19)21-15-25-26-27(21)20-12-8-18(9-13-20)22(28)24-14-16-4-2-1-3-5-16/h1-13,15H,14H2,(H,24,28). The highest BCUT2D eigenvalue weighted by Crippen LogP contribution is 2.23. The van der Waals surface area contributed by atoms with Gasteiger partial charge >= 0.3 is 0 Å². The van der Waals surface area contributed by atoms with Gasteiger partial charge in [0.1, 0.15) is 0 Å². The molecule has 4 rings (SSSR count). The fourth-order valence-electron chi connectivity index (χ4n) is 2.88. The number of aromatic nitrogens is 3. The van der Waals surface area contributed by atoms with Gasteiger partial charge in [0.15, 0.2) is 0 Å². The molecule has 0 saturated heterocycles. The first-order valence-corrected chi connectivity index (χ1v) is 9.18. The molecule has 1 aromatic heterocycles. The lowest BCUT2D eigenvalue weighted by atomic mass is 10.1. The maximum Gasteiger partial charge on any atom is 0.251 e. The second-order valence-corrected chi connectivity index (χ2v) is 6.69. The van der Waals surface area contributed by atoms with E-state index in [4.69, 9.17) is 11.6 Å². The van der Waals surface area contributed by atoms with Gasteiger partial charge in [-0.05, 0) is 42.0 Å². The molecule has 0 aliphatic carbocycles. The van der Waals surface area contributed by atoms with Gasteiger partial charge in [0, 0.05) is 22.7 Å². The van der Waals surface area contributed by atoms with Crippen molar-refractivity contribution in [3.8, 4) is 16.9 Å². The first kappa shape index (κ1) is 17.9. The van der Waals surface area contributed by atoms with E-state index in [0.717, 1.165) is 22.5 Å². The van der Waals surface area contributed by atoms with Crippen molar-refractivity contribution < 1.29 is 4.79 Å². The Hall–Kier alpha value is -3.44. The molecule has 0 fully saturated rings. The smallest absolute Gasteiger partial charge is 0.251 e. The van der Waals surface area contributed by atoms with Crippen LogP contribution in [0.5, 0.6) is 0 Å². The van der Waals surface area contributed by atoms with Crippen LogP contribution in [0.15, 0.2) is 85.1 Å². The van der Waals surface area contributed by atoms with Crippen LogP contribution in [0.1, 0.15) is 15.9 Å². The van der Waals surface area contributed by atoms with Crippen molar-refractivity contribution in [2.75, 3.05) is 0 Å². The Kier molecular flexibility index (Phi) is 5.17. The quantitative estimate of drug-likeness (QED) is 0.547. The van der Waals surface area contributed by atoms with E-state index in [1.807, 2.05) is 66.7 Å². The van der Waals surface area contributed by atoms with Crippen LogP contribution in [0.2, 0.25) is 5.02 Å². The number of nitrogens with zero attached hydrogens (tertiary/aromatic N) is 3. The molecular formula is C22H17ClN4O. The molecule has 1 amide bonds. The highest BCUT2D eigenvalue weighted by atomic mass is 35.5. The molecule has 0 aliphatic heterocycles. The summed E-state index contributed by atoms with van der Waals surface area (Å²) in [5.41, 5.74) is 4.27. The van der Waals surface area contributed by atoms with Gasteiger partial charge in [-0.3, -0.25) is 4.79 Å². The number of rotatable bonds is 5. The zero-order valence-electron chi connectivity index (χ0n) is 14.9. The Morgan fingerprint density at radius 1 is 0.929 bits per heavy atom. The molecule has 3 aromatic carbocycles. The Labute approximate surface area is 167 Å². The van der Waals surface area contributed by atoms with E-state index in [1.165, 1.54) is 0 Å². The largest absolute Gasteiger partial charge is 0.348 e. The topological polar surface area (TPSA) is 59.8 Å². The predicted octanol–water partition coefficient (Wildman–Crippen LogP) is 4.52. The van der Waals surface area contributed by atoms with E-state index in [9.17, 15) is 4.79 Å². The molecule has 0 radical (unpaired) electrons. The van der Waals surface area contributed by atoms with Crippen LogP contribution in [0.25, 0.3) is 16.9 Å². The van der Waals surface area contributed by atoms with E-state index in [0.29, 0.717) is 17.1 Å². The Morgan fingerprint density at radius 3 is 2.36 bits per heavy atom. The maximum absolute atomic E-state index is 12.4. The van der Waals surface area contributed by atoms with Gasteiger partial charge in [-0.25, -0.2) is 4.68 Å². The minimum Gasteiger partial charge on any atom is -0.348 e.